The Morgan fingerprint density at radius 1 is 1.23 bits per heavy atom. The van der Waals surface area contributed by atoms with E-state index in [-0.39, 0.29) is 17.9 Å². The topological polar surface area (TPSA) is 74.3 Å². The summed E-state index contributed by atoms with van der Waals surface area (Å²) in [5.41, 5.74) is 2.36. The Morgan fingerprint density at radius 2 is 2.00 bits per heavy atom. The van der Waals surface area contributed by atoms with E-state index >= 15 is 0 Å². The molecule has 0 spiro atoms. The quantitative estimate of drug-likeness (QED) is 0.813. The minimum atomic E-state index is -0.276. The second-order valence-corrected chi connectivity index (χ2v) is 6.37. The number of anilines is 2. The lowest BCUT2D eigenvalue weighted by atomic mass is 10.2. The molecule has 6 heteroatoms. The first-order chi connectivity index (χ1) is 12.5. The number of pyridine rings is 1. The second kappa shape index (κ2) is 7.82. The van der Waals surface area contributed by atoms with Gasteiger partial charge in [0, 0.05) is 36.6 Å². The van der Waals surface area contributed by atoms with E-state index in [2.05, 4.69) is 22.2 Å². The van der Waals surface area contributed by atoms with Crippen molar-refractivity contribution in [2.75, 3.05) is 23.7 Å². The highest BCUT2D eigenvalue weighted by Gasteiger charge is 2.27. The van der Waals surface area contributed by atoms with Gasteiger partial charge in [0.15, 0.2) is 0 Å². The molecule has 134 valence electrons. The largest absolute Gasteiger partial charge is 0.365 e. The Kier molecular flexibility index (Phi) is 5.31. The Morgan fingerprint density at radius 3 is 2.65 bits per heavy atom. The maximum absolute atomic E-state index is 12.7. The first-order valence-electron chi connectivity index (χ1n) is 8.57. The molecule has 0 aliphatic carbocycles. The van der Waals surface area contributed by atoms with Gasteiger partial charge in [0.05, 0.1) is 0 Å². The fraction of sp³-hybridized carbons (Fsp3) is 0.250. The number of aryl methyl sites for hydroxylation is 1. The lowest BCUT2D eigenvalue weighted by Gasteiger charge is -2.18. The number of amides is 2. The first-order valence-corrected chi connectivity index (χ1v) is 8.57. The number of carbonyl (C=O) groups excluding carboxylic acids is 2. The molecule has 2 N–H and O–H groups in total. The zero-order chi connectivity index (χ0) is 18.5. The summed E-state index contributed by atoms with van der Waals surface area (Å²) in [6.45, 7) is 6.76. The Hall–Kier alpha value is -3.15. The third-order valence-electron chi connectivity index (χ3n) is 4.32. The molecule has 1 aliphatic heterocycles. The average Bonchev–Trinajstić information content (AvgIpc) is 3.12. The van der Waals surface area contributed by atoms with Gasteiger partial charge in [-0.05, 0) is 55.3 Å². The van der Waals surface area contributed by atoms with Crippen LogP contribution < -0.4 is 10.6 Å². The van der Waals surface area contributed by atoms with Gasteiger partial charge >= 0.3 is 0 Å². The summed E-state index contributed by atoms with van der Waals surface area (Å²) < 4.78 is 0. The number of rotatable bonds is 5. The Balaban J connectivity index is 1.57. The van der Waals surface area contributed by atoms with Gasteiger partial charge in [0.2, 0.25) is 5.91 Å². The third kappa shape index (κ3) is 4.27. The van der Waals surface area contributed by atoms with E-state index in [1.165, 1.54) is 6.08 Å². The van der Waals surface area contributed by atoms with Crippen LogP contribution in [0.3, 0.4) is 0 Å². The smallest absolute Gasteiger partial charge is 0.253 e. The molecule has 3 rings (SSSR count). The Bertz CT molecular complexity index is 800. The van der Waals surface area contributed by atoms with Crippen molar-refractivity contribution < 1.29 is 9.59 Å². The van der Waals surface area contributed by atoms with Crippen molar-refractivity contribution in [1.82, 2.24) is 9.88 Å². The number of likely N-dealkylation sites (tertiary alicyclic amines) is 1. The van der Waals surface area contributed by atoms with E-state index < -0.39 is 0 Å². The van der Waals surface area contributed by atoms with Crippen molar-refractivity contribution in [1.29, 1.82) is 0 Å². The minimum Gasteiger partial charge on any atom is -0.365 e. The highest BCUT2D eigenvalue weighted by atomic mass is 16.2. The van der Waals surface area contributed by atoms with Crippen molar-refractivity contribution in [3.05, 3.63) is 66.4 Å². The van der Waals surface area contributed by atoms with E-state index in [0.29, 0.717) is 24.3 Å². The standard InChI is InChI=1S/C20H22N4O2/c1-3-19(25)23-16-7-5-15(6-8-16)20(26)24-11-10-17(13-24)22-18-9-4-14(2)12-21-18/h3-9,12,17H,1,10-11,13H2,2H3,(H,21,22)(H,23,25)/t17-/m1/s1. The van der Waals surface area contributed by atoms with Crippen LogP contribution in [0.4, 0.5) is 11.5 Å². The van der Waals surface area contributed by atoms with Crippen molar-refractivity contribution in [3.8, 4) is 0 Å². The van der Waals surface area contributed by atoms with Crippen LogP contribution in [-0.2, 0) is 4.79 Å². The highest BCUT2D eigenvalue weighted by Crippen LogP contribution is 2.18. The zero-order valence-electron chi connectivity index (χ0n) is 14.7. The fourth-order valence-corrected chi connectivity index (χ4v) is 2.90. The molecule has 0 bridgehead atoms. The van der Waals surface area contributed by atoms with Crippen molar-refractivity contribution in [2.45, 2.75) is 19.4 Å². The van der Waals surface area contributed by atoms with E-state index in [4.69, 9.17) is 0 Å². The average molecular weight is 350 g/mol. The van der Waals surface area contributed by atoms with Crippen LogP contribution in [0.5, 0.6) is 0 Å². The number of carbonyl (C=O) groups is 2. The zero-order valence-corrected chi connectivity index (χ0v) is 14.7. The van der Waals surface area contributed by atoms with Gasteiger partial charge in [-0.15, -0.1) is 0 Å². The lowest BCUT2D eigenvalue weighted by Crippen LogP contribution is -2.31. The minimum absolute atomic E-state index is 0.00670. The van der Waals surface area contributed by atoms with E-state index in [0.717, 1.165) is 17.8 Å². The molecule has 1 aromatic carbocycles. The first kappa shape index (κ1) is 17.7. The lowest BCUT2D eigenvalue weighted by molar-refractivity contribution is -0.111. The van der Waals surface area contributed by atoms with E-state index in [9.17, 15) is 9.59 Å². The number of aromatic nitrogens is 1. The summed E-state index contributed by atoms with van der Waals surface area (Å²) in [4.78, 5) is 30.1. The van der Waals surface area contributed by atoms with Crippen LogP contribution in [0.15, 0.2) is 55.3 Å². The monoisotopic (exact) mass is 350 g/mol. The SMILES string of the molecule is C=CC(=O)Nc1ccc(C(=O)N2CC[C@@H](Nc3ccc(C)cn3)C2)cc1. The summed E-state index contributed by atoms with van der Waals surface area (Å²) in [5.74, 6) is 0.548. The summed E-state index contributed by atoms with van der Waals surface area (Å²) in [7, 11) is 0. The van der Waals surface area contributed by atoms with Crippen LogP contribution >= 0.6 is 0 Å². The highest BCUT2D eigenvalue weighted by molar-refractivity contribution is 5.99. The number of benzene rings is 1. The number of nitrogens with one attached hydrogen (secondary N) is 2. The summed E-state index contributed by atoms with van der Waals surface area (Å²) in [6.07, 6.45) is 3.92. The van der Waals surface area contributed by atoms with Crippen molar-refractivity contribution in [2.24, 2.45) is 0 Å². The molecule has 2 aromatic rings. The van der Waals surface area contributed by atoms with Crippen LogP contribution in [0.1, 0.15) is 22.3 Å². The number of nitrogens with zero attached hydrogens (tertiary/aromatic N) is 2. The fourth-order valence-electron chi connectivity index (χ4n) is 2.90. The number of hydrogen-bond donors (Lipinski definition) is 2. The van der Waals surface area contributed by atoms with Crippen LogP contribution in [0.2, 0.25) is 0 Å². The van der Waals surface area contributed by atoms with Crippen LogP contribution in [-0.4, -0.2) is 40.8 Å². The molecule has 0 saturated carbocycles. The molecule has 6 nitrogen and oxygen atoms in total. The van der Waals surface area contributed by atoms with Gasteiger partial charge < -0.3 is 15.5 Å². The van der Waals surface area contributed by atoms with Gasteiger partial charge in [0.25, 0.3) is 5.91 Å². The van der Waals surface area contributed by atoms with Gasteiger partial charge in [-0.25, -0.2) is 4.98 Å². The predicted octanol–water partition coefficient (Wildman–Crippen LogP) is 2.84. The molecular formula is C20H22N4O2. The summed E-state index contributed by atoms with van der Waals surface area (Å²) in [6, 6.07) is 11.1. The predicted molar refractivity (Wildman–Crippen MR) is 102 cm³/mol. The molecular weight excluding hydrogens is 328 g/mol. The molecule has 1 fully saturated rings. The Labute approximate surface area is 152 Å². The molecule has 1 aliphatic rings. The molecule has 1 aromatic heterocycles. The summed E-state index contributed by atoms with van der Waals surface area (Å²) >= 11 is 0. The van der Waals surface area contributed by atoms with Crippen LogP contribution in [0.25, 0.3) is 0 Å². The van der Waals surface area contributed by atoms with E-state index in [1.807, 2.05) is 30.2 Å². The second-order valence-electron chi connectivity index (χ2n) is 6.37. The maximum atomic E-state index is 12.7. The maximum Gasteiger partial charge on any atom is 0.253 e. The molecule has 26 heavy (non-hydrogen) atoms. The molecule has 2 amide bonds. The molecule has 0 unspecified atom stereocenters. The molecule has 2 heterocycles. The summed E-state index contributed by atoms with van der Waals surface area (Å²) in [5, 5.41) is 6.05. The van der Waals surface area contributed by atoms with Gasteiger partial charge in [-0.2, -0.15) is 0 Å². The third-order valence-corrected chi connectivity index (χ3v) is 4.32. The van der Waals surface area contributed by atoms with Crippen LogP contribution in [0, 0.1) is 6.92 Å². The molecule has 1 saturated heterocycles. The van der Waals surface area contributed by atoms with Crippen molar-refractivity contribution >= 4 is 23.3 Å². The van der Waals surface area contributed by atoms with Gasteiger partial charge in [-0.1, -0.05) is 12.6 Å². The molecule has 0 radical (unpaired) electrons. The van der Waals surface area contributed by atoms with E-state index in [1.54, 1.807) is 24.3 Å². The van der Waals surface area contributed by atoms with Gasteiger partial charge in [-0.3, -0.25) is 9.59 Å². The molecule has 1 atom stereocenters. The normalized spacial score (nSPS) is 16.2. The number of hydrogen-bond acceptors (Lipinski definition) is 4. The van der Waals surface area contributed by atoms with Gasteiger partial charge in [0.1, 0.15) is 5.82 Å². The van der Waals surface area contributed by atoms with Crippen molar-refractivity contribution in [3.63, 3.8) is 0 Å².